The van der Waals surface area contributed by atoms with Crippen LogP contribution in [0, 0.1) is 0 Å². The van der Waals surface area contributed by atoms with Crippen LogP contribution in [-0.4, -0.2) is 18.3 Å². The Balaban J connectivity index is 4.04. The van der Waals surface area contributed by atoms with Crippen molar-refractivity contribution in [1.29, 1.82) is 0 Å². The molecule has 0 amide bonds. The maximum absolute atomic E-state index is 9.99. The third-order valence-electron chi connectivity index (χ3n) is 0.785. The summed E-state index contributed by atoms with van der Waals surface area (Å²) in [6.07, 6.45) is 0.235. The Kier molecular flexibility index (Phi) is 2.39. The van der Waals surface area contributed by atoms with Crippen molar-refractivity contribution in [1.82, 2.24) is 0 Å². The van der Waals surface area contributed by atoms with Crippen LogP contribution in [0.15, 0.2) is 0 Å². The first-order valence-corrected chi connectivity index (χ1v) is 3.70. The second-order valence-corrected chi connectivity index (χ2v) is 3.10. The zero-order valence-electron chi connectivity index (χ0n) is 4.53. The van der Waals surface area contributed by atoms with E-state index in [4.69, 9.17) is 10.3 Å². The summed E-state index contributed by atoms with van der Waals surface area (Å²) in [7, 11) is -3.98. The lowest BCUT2D eigenvalue weighted by atomic mass is 10.5. The van der Waals surface area contributed by atoms with Crippen LogP contribution in [0.25, 0.3) is 0 Å². The van der Waals surface area contributed by atoms with E-state index in [1.807, 2.05) is 0 Å². The molecular weight excluding hydrogens is 130 g/mol. The number of rotatable bonds is 2. The van der Waals surface area contributed by atoms with E-state index < -0.39 is 15.5 Å². The molecule has 0 saturated carbocycles. The van der Waals surface area contributed by atoms with E-state index >= 15 is 0 Å². The Bertz CT molecular complexity index is 150. The van der Waals surface area contributed by atoms with Crippen LogP contribution in [0.3, 0.4) is 0 Å². The van der Waals surface area contributed by atoms with Gasteiger partial charge in [0.05, 0.1) is 0 Å². The molecule has 0 fully saturated rings. The molecule has 0 rings (SSSR count). The largest absolute Gasteiger partial charge is 0.313 e. The minimum atomic E-state index is -3.98. The Morgan fingerprint density at radius 3 is 2.12 bits per heavy atom. The monoisotopic (exact) mass is 139 g/mol. The van der Waals surface area contributed by atoms with E-state index in [2.05, 4.69) is 0 Å². The van der Waals surface area contributed by atoms with E-state index in [1.165, 1.54) is 0 Å². The Morgan fingerprint density at radius 1 is 1.75 bits per heavy atom. The molecule has 0 spiro atoms. The van der Waals surface area contributed by atoms with Gasteiger partial charge in [-0.05, 0) is 6.42 Å². The van der Waals surface area contributed by atoms with E-state index in [0.717, 1.165) is 0 Å². The molecule has 8 heavy (non-hydrogen) atoms. The first-order valence-electron chi connectivity index (χ1n) is 2.20. The van der Waals surface area contributed by atoms with Gasteiger partial charge >= 0.3 is 0 Å². The van der Waals surface area contributed by atoms with Crippen molar-refractivity contribution in [2.75, 3.05) is 0 Å². The number of hydrogen-bond donors (Lipinski definition) is 2. The third kappa shape index (κ3) is 2.25. The van der Waals surface area contributed by atoms with Gasteiger partial charge in [0, 0.05) is 0 Å². The third-order valence-corrected chi connectivity index (χ3v) is 1.88. The van der Waals surface area contributed by atoms with Crippen molar-refractivity contribution in [3.05, 3.63) is 0 Å². The van der Waals surface area contributed by atoms with Crippen molar-refractivity contribution < 1.29 is 13.0 Å². The zero-order valence-corrected chi connectivity index (χ0v) is 5.35. The van der Waals surface area contributed by atoms with Crippen LogP contribution in [-0.2, 0) is 10.1 Å². The molecule has 1 atom stereocenters. The molecule has 0 aliphatic heterocycles. The fraction of sp³-hybridized carbons (Fsp3) is 1.00. The van der Waals surface area contributed by atoms with Gasteiger partial charge in [0.15, 0.2) is 0 Å². The average Bonchev–Trinajstić information content (AvgIpc) is 1.62. The highest BCUT2D eigenvalue weighted by Crippen LogP contribution is 1.93. The van der Waals surface area contributed by atoms with Crippen LogP contribution in [0.1, 0.15) is 13.3 Å². The summed E-state index contributed by atoms with van der Waals surface area (Å²) in [4.78, 5) is 0. The van der Waals surface area contributed by atoms with Crippen molar-refractivity contribution in [2.45, 2.75) is 18.7 Å². The quantitative estimate of drug-likeness (QED) is 0.509. The predicted octanol–water partition coefficient (Wildman–Crippen LogP) is -0.431. The molecule has 1 unspecified atom stereocenters. The molecule has 5 heteroatoms. The van der Waals surface area contributed by atoms with Gasteiger partial charge in [0.2, 0.25) is 0 Å². The first-order chi connectivity index (χ1) is 3.48. The molecule has 0 aliphatic carbocycles. The maximum Gasteiger partial charge on any atom is 0.280 e. The van der Waals surface area contributed by atoms with Crippen molar-refractivity contribution in [3.63, 3.8) is 0 Å². The van der Waals surface area contributed by atoms with Crippen molar-refractivity contribution >= 4 is 10.1 Å². The van der Waals surface area contributed by atoms with Crippen molar-refractivity contribution in [2.24, 2.45) is 5.73 Å². The van der Waals surface area contributed by atoms with Gasteiger partial charge in [-0.1, -0.05) is 6.92 Å². The summed E-state index contributed by atoms with van der Waals surface area (Å²) >= 11 is 0. The van der Waals surface area contributed by atoms with Crippen LogP contribution in [0.2, 0.25) is 0 Å². The van der Waals surface area contributed by atoms with E-state index in [9.17, 15) is 8.42 Å². The van der Waals surface area contributed by atoms with Gasteiger partial charge in [-0.25, -0.2) is 0 Å². The highest BCUT2D eigenvalue weighted by atomic mass is 32.2. The molecule has 0 aromatic heterocycles. The van der Waals surface area contributed by atoms with E-state index in [1.54, 1.807) is 6.92 Å². The fourth-order valence-corrected chi connectivity index (χ4v) is 0.632. The molecule has 0 bridgehead atoms. The van der Waals surface area contributed by atoms with Crippen LogP contribution < -0.4 is 5.73 Å². The second kappa shape index (κ2) is 2.43. The molecule has 50 valence electrons. The van der Waals surface area contributed by atoms with Crippen LogP contribution in [0.4, 0.5) is 0 Å². The lowest BCUT2D eigenvalue weighted by Gasteiger charge is -2.01. The maximum atomic E-state index is 9.99. The number of nitrogens with two attached hydrogens (primary N) is 1. The summed E-state index contributed by atoms with van der Waals surface area (Å²) in [6, 6.07) is 0. The average molecular weight is 139 g/mol. The molecule has 4 nitrogen and oxygen atoms in total. The summed E-state index contributed by atoms with van der Waals surface area (Å²) in [6.45, 7) is 1.58. The standard InChI is InChI=1S/C3H9NO3S/c1-2-3(4)8(5,6)7/h3H,2,4H2,1H3,(H,5,6,7). The molecule has 0 aliphatic rings. The SMILES string of the molecule is CCC(N)S(=O)(=O)O. The van der Waals surface area contributed by atoms with E-state index in [-0.39, 0.29) is 6.42 Å². The van der Waals surface area contributed by atoms with Crippen LogP contribution >= 0.6 is 0 Å². The van der Waals surface area contributed by atoms with Crippen molar-refractivity contribution in [3.8, 4) is 0 Å². The Labute approximate surface area is 48.4 Å². The highest BCUT2D eigenvalue weighted by Gasteiger charge is 2.13. The molecular formula is C3H9NO3S. The minimum absolute atomic E-state index is 0.235. The first kappa shape index (κ1) is 7.87. The zero-order chi connectivity index (χ0) is 6.78. The molecule has 3 N–H and O–H groups in total. The smallest absolute Gasteiger partial charge is 0.280 e. The molecule has 0 aromatic rings. The Hall–Kier alpha value is -0.130. The molecule has 0 heterocycles. The topological polar surface area (TPSA) is 80.4 Å². The van der Waals surface area contributed by atoms with Gasteiger partial charge in [-0.2, -0.15) is 8.42 Å². The van der Waals surface area contributed by atoms with Gasteiger partial charge in [0.1, 0.15) is 5.37 Å². The lowest BCUT2D eigenvalue weighted by Crippen LogP contribution is -2.28. The van der Waals surface area contributed by atoms with Gasteiger partial charge in [0.25, 0.3) is 10.1 Å². The summed E-state index contributed by atoms with van der Waals surface area (Å²) in [5, 5.41) is -1.12. The van der Waals surface area contributed by atoms with E-state index in [0.29, 0.717) is 0 Å². The lowest BCUT2D eigenvalue weighted by molar-refractivity contribution is 0.466. The minimum Gasteiger partial charge on any atom is -0.313 e. The Morgan fingerprint density at radius 2 is 2.12 bits per heavy atom. The fourth-order valence-electron chi connectivity index (χ4n) is 0.211. The summed E-state index contributed by atoms with van der Waals surface area (Å²) in [5.74, 6) is 0. The molecule has 0 radical (unpaired) electrons. The number of hydrogen-bond acceptors (Lipinski definition) is 3. The van der Waals surface area contributed by atoms with Gasteiger partial charge in [-0.15, -0.1) is 0 Å². The predicted molar refractivity (Wildman–Crippen MR) is 29.8 cm³/mol. The summed E-state index contributed by atoms with van der Waals surface area (Å²) in [5.41, 5.74) is 4.91. The van der Waals surface area contributed by atoms with Gasteiger partial charge < -0.3 is 5.73 Å². The second-order valence-electron chi connectivity index (χ2n) is 1.46. The van der Waals surface area contributed by atoms with Crippen LogP contribution in [0.5, 0.6) is 0 Å². The molecule has 0 aromatic carbocycles. The molecule has 0 saturated heterocycles. The normalized spacial score (nSPS) is 15.9. The summed E-state index contributed by atoms with van der Waals surface area (Å²) < 4.78 is 28.1. The highest BCUT2D eigenvalue weighted by molar-refractivity contribution is 7.86. The van der Waals surface area contributed by atoms with Gasteiger partial charge in [-0.3, -0.25) is 4.55 Å².